The lowest BCUT2D eigenvalue weighted by Gasteiger charge is -2.09. The average molecular weight is 211 g/mol. The molecule has 2 rings (SSSR count). The van der Waals surface area contributed by atoms with Crippen LogP contribution in [0, 0.1) is 17.2 Å². The van der Waals surface area contributed by atoms with Gasteiger partial charge in [-0.1, -0.05) is 36.4 Å². The quantitative estimate of drug-likeness (QED) is 0.569. The molecule has 0 amide bonds. The molecule has 2 nitrogen and oxygen atoms in total. The van der Waals surface area contributed by atoms with Crippen molar-refractivity contribution in [1.82, 2.24) is 0 Å². The minimum Gasteiger partial charge on any atom is -0.292 e. The number of rotatable bonds is 3. The molecule has 0 radical (unpaired) electrons. The standard InChI is InChI=1S/C14H13NO/c15-10-13(11-6-4-5-7-11)14(16)12-8-2-1-3-9-12/h1-3,6,8-9,13H,4-5,7H2. The summed E-state index contributed by atoms with van der Waals surface area (Å²) in [6, 6.07) is 11.2. The zero-order valence-corrected chi connectivity index (χ0v) is 9.02. The Hall–Kier alpha value is -1.88. The summed E-state index contributed by atoms with van der Waals surface area (Å²) in [5.41, 5.74) is 1.62. The number of Topliss-reactive ketones (excluding diaryl/α,β-unsaturated/α-hetero) is 1. The fourth-order valence-corrected chi connectivity index (χ4v) is 2.04. The number of carbonyl (C=O) groups is 1. The van der Waals surface area contributed by atoms with Gasteiger partial charge in [0.05, 0.1) is 6.07 Å². The van der Waals surface area contributed by atoms with Crippen molar-refractivity contribution in [3.05, 3.63) is 47.5 Å². The molecule has 1 unspecified atom stereocenters. The van der Waals surface area contributed by atoms with Gasteiger partial charge in [0.1, 0.15) is 5.92 Å². The first-order chi connectivity index (χ1) is 7.83. The van der Waals surface area contributed by atoms with Gasteiger partial charge in [0.15, 0.2) is 5.78 Å². The van der Waals surface area contributed by atoms with Crippen molar-refractivity contribution in [2.75, 3.05) is 0 Å². The molecule has 0 aliphatic heterocycles. The molecule has 0 N–H and O–H groups in total. The summed E-state index contributed by atoms with van der Waals surface area (Å²) in [7, 11) is 0. The minimum absolute atomic E-state index is 0.0729. The van der Waals surface area contributed by atoms with Crippen LogP contribution in [0.25, 0.3) is 0 Å². The molecular formula is C14H13NO. The lowest BCUT2D eigenvalue weighted by atomic mass is 9.91. The van der Waals surface area contributed by atoms with E-state index >= 15 is 0 Å². The van der Waals surface area contributed by atoms with Gasteiger partial charge in [0.2, 0.25) is 0 Å². The van der Waals surface area contributed by atoms with Crippen LogP contribution in [0.3, 0.4) is 0 Å². The maximum atomic E-state index is 12.1. The van der Waals surface area contributed by atoms with E-state index in [1.165, 1.54) is 0 Å². The van der Waals surface area contributed by atoms with E-state index in [0.717, 1.165) is 24.8 Å². The summed E-state index contributed by atoms with van der Waals surface area (Å²) in [6.45, 7) is 0. The highest BCUT2D eigenvalue weighted by Gasteiger charge is 2.24. The molecule has 80 valence electrons. The molecular weight excluding hydrogens is 198 g/mol. The van der Waals surface area contributed by atoms with Crippen LogP contribution >= 0.6 is 0 Å². The van der Waals surface area contributed by atoms with Gasteiger partial charge in [-0.25, -0.2) is 0 Å². The van der Waals surface area contributed by atoms with Crippen LogP contribution in [0.2, 0.25) is 0 Å². The van der Waals surface area contributed by atoms with Gasteiger partial charge in [0, 0.05) is 5.56 Å². The Morgan fingerprint density at radius 1 is 1.31 bits per heavy atom. The van der Waals surface area contributed by atoms with Gasteiger partial charge in [0.25, 0.3) is 0 Å². The molecule has 0 spiro atoms. The van der Waals surface area contributed by atoms with E-state index in [0.29, 0.717) is 5.56 Å². The Bertz CT molecular complexity index is 453. The largest absolute Gasteiger partial charge is 0.292 e. The van der Waals surface area contributed by atoms with Crippen molar-refractivity contribution in [3.8, 4) is 6.07 Å². The average Bonchev–Trinajstić information content (AvgIpc) is 2.85. The van der Waals surface area contributed by atoms with E-state index in [2.05, 4.69) is 6.07 Å². The number of hydrogen-bond acceptors (Lipinski definition) is 2. The number of hydrogen-bond donors (Lipinski definition) is 0. The summed E-state index contributed by atoms with van der Waals surface area (Å²) < 4.78 is 0. The highest BCUT2D eigenvalue weighted by molar-refractivity contribution is 6.01. The third-order valence-corrected chi connectivity index (χ3v) is 2.90. The summed E-state index contributed by atoms with van der Waals surface area (Å²) in [5.74, 6) is -0.652. The van der Waals surface area contributed by atoms with E-state index in [4.69, 9.17) is 5.26 Å². The highest BCUT2D eigenvalue weighted by atomic mass is 16.1. The molecule has 2 heteroatoms. The van der Waals surface area contributed by atoms with E-state index in [-0.39, 0.29) is 5.78 Å². The molecule has 16 heavy (non-hydrogen) atoms. The normalized spacial score (nSPS) is 16.3. The van der Waals surface area contributed by atoms with E-state index in [1.54, 1.807) is 12.1 Å². The van der Waals surface area contributed by atoms with Crippen molar-refractivity contribution in [2.45, 2.75) is 19.3 Å². The second kappa shape index (κ2) is 4.76. The lowest BCUT2D eigenvalue weighted by molar-refractivity contribution is 0.0963. The van der Waals surface area contributed by atoms with Gasteiger partial charge in [-0.15, -0.1) is 0 Å². The number of benzene rings is 1. The van der Waals surface area contributed by atoms with Crippen LogP contribution in [0.5, 0.6) is 0 Å². The monoisotopic (exact) mass is 211 g/mol. The Labute approximate surface area is 95.2 Å². The van der Waals surface area contributed by atoms with Gasteiger partial charge in [-0.3, -0.25) is 4.79 Å². The van der Waals surface area contributed by atoms with Crippen LogP contribution in [0.4, 0.5) is 0 Å². The maximum Gasteiger partial charge on any atom is 0.184 e. The van der Waals surface area contributed by atoms with Crippen molar-refractivity contribution < 1.29 is 4.79 Å². The molecule has 0 heterocycles. The first kappa shape index (κ1) is 10.6. The molecule has 0 saturated heterocycles. The topological polar surface area (TPSA) is 40.9 Å². The first-order valence-corrected chi connectivity index (χ1v) is 5.50. The predicted molar refractivity (Wildman–Crippen MR) is 61.8 cm³/mol. The van der Waals surface area contributed by atoms with Crippen molar-refractivity contribution in [3.63, 3.8) is 0 Å². The fourth-order valence-electron chi connectivity index (χ4n) is 2.04. The molecule has 1 aromatic rings. The fraction of sp³-hybridized carbons (Fsp3) is 0.286. The molecule has 1 aliphatic carbocycles. The van der Waals surface area contributed by atoms with E-state index in [1.807, 2.05) is 24.3 Å². The number of allylic oxidation sites excluding steroid dienone is 2. The maximum absolute atomic E-state index is 12.1. The number of nitrogens with zero attached hydrogens (tertiary/aromatic N) is 1. The first-order valence-electron chi connectivity index (χ1n) is 5.50. The van der Waals surface area contributed by atoms with Crippen molar-refractivity contribution in [1.29, 1.82) is 5.26 Å². The van der Waals surface area contributed by atoms with E-state index in [9.17, 15) is 4.79 Å². The second-order valence-electron chi connectivity index (χ2n) is 3.96. The van der Waals surface area contributed by atoms with Crippen molar-refractivity contribution >= 4 is 5.78 Å². The van der Waals surface area contributed by atoms with Gasteiger partial charge < -0.3 is 0 Å². The minimum atomic E-state index is -0.579. The SMILES string of the molecule is N#CC(C(=O)c1ccccc1)C1=CCCC1. The molecule has 0 fully saturated rings. The zero-order valence-electron chi connectivity index (χ0n) is 9.02. The summed E-state index contributed by atoms with van der Waals surface area (Å²) in [4.78, 5) is 12.1. The van der Waals surface area contributed by atoms with Crippen LogP contribution in [-0.4, -0.2) is 5.78 Å². The number of ketones is 1. The molecule has 0 saturated carbocycles. The molecule has 1 aliphatic rings. The van der Waals surface area contributed by atoms with Gasteiger partial charge >= 0.3 is 0 Å². The van der Waals surface area contributed by atoms with Gasteiger partial charge in [-0.2, -0.15) is 5.26 Å². The van der Waals surface area contributed by atoms with Crippen molar-refractivity contribution in [2.24, 2.45) is 5.92 Å². The predicted octanol–water partition coefficient (Wildman–Crippen LogP) is 3.12. The Balaban J connectivity index is 2.23. The smallest absolute Gasteiger partial charge is 0.184 e. The Morgan fingerprint density at radius 3 is 2.62 bits per heavy atom. The van der Waals surface area contributed by atoms with Crippen LogP contribution in [0.1, 0.15) is 29.6 Å². The molecule has 1 aromatic carbocycles. The highest BCUT2D eigenvalue weighted by Crippen LogP contribution is 2.27. The summed E-state index contributed by atoms with van der Waals surface area (Å²) in [6.07, 6.45) is 4.98. The Morgan fingerprint density at radius 2 is 2.06 bits per heavy atom. The van der Waals surface area contributed by atoms with Crippen LogP contribution in [-0.2, 0) is 0 Å². The van der Waals surface area contributed by atoms with Gasteiger partial charge in [-0.05, 0) is 24.8 Å². The number of nitriles is 1. The molecule has 0 aromatic heterocycles. The third-order valence-electron chi connectivity index (χ3n) is 2.90. The molecule has 0 bridgehead atoms. The summed E-state index contributed by atoms with van der Waals surface area (Å²) >= 11 is 0. The van der Waals surface area contributed by atoms with Crippen LogP contribution < -0.4 is 0 Å². The third kappa shape index (κ3) is 2.04. The van der Waals surface area contributed by atoms with Crippen LogP contribution in [0.15, 0.2) is 42.0 Å². The molecule has 1 atom stereocenters. The Kier molecular flexibility index (Phi) is 3.16. The zero-order chi connectivity index (χ0) is 11.4. The second-order valence-corrected chi connectivity index (χ2v) is 3.96. The van der Waals surface area contributed by atoms with E-state index < -0.39 is 5.92 Å². The lowest BCUT2D eigenvalue weighted by Crippen LogP contribution is -2.14. The number of carbonyl (C=O) groups excluding carboxylic acids is 1. The summed E-state index contributed by atoms with van der Waals surface area (Å²) in [5, 5.41) is 9.11.